The summed E-state index contributed by atoms with van der Waals surface area (Å²) in [6.07, 6.45) is -0.577. The zero-order chi connectivity index (χ0) is 20.0. The molecule has 0 radical (unpaired) electrons. The summed E-state index contributed by atoms with van der Waals surface area (Å²) in [5.74, 6) is 1.33. The summed E-state index contributed by atoms with van der Waals surface area (Å²) >= 11 is 0. The highest BCUT2D eigenvalue weighted by Gasteiger charge is 2.18. The molecule has 0 unspecified atom stereocenters. The van der Waals surface area contributed by atoms with E-state index in [0.717, 1.165) is 5.75 Å². The van der Waals surface area contributed by atoms with Gasteiger partial charge in [-0.3, -0.25) is 4.79 Å². The van der Waals surface area contributed by atoms with Gasteiger partial charge in [0.1, 0.15) is 18.1 Å². The van der Waals surface area contributed by atoms with Crippen LogP contribution >= 0.6 is 0 Å². The quantitative estimate of drug-likeness (QED) is 0.773. The van der Waals surface area contributed by atoms with Crippen molar-refractivity contribution >= 4 is 5.91 Å². The highest BCUT2D eigenvalue weighted by molar-refractivity contribution is 5.81. The zero-order valence-corrected chi connectivity index (χ0v) is 17.2. The lowest BCUT2D eigenvalue weighted by Gasteiger charge is -2.21. The number of hydrogen-bond donors (Lipinski definition) is 1. The van der Waals surface area contributed by atoms with Gasteiger partial charge in [-0.05, 0) is 56.0 Å². The minimum atomic E-state index is -0.577. The number of benzene rings is 2. The maximum absolute atomic E-state index is 12.3. The van der Waals surface area contributed by atoms with Gasteiger partial charge in [0.15, 0.2) is 6.10 Å². The summed E-state index contributed by atoms with van der Waals surface area (Å²) in [5, 5.41) is 2.93. The molecule has 0 saturated heterocycles. The van der Waals surface area contributed by atoms with Crippen LogP contribution in [0.1, 0.15) is 45.7 Å². The Morgan fingerprint density at radius 1 is 0.963 bits per heavy atom. The Morgan fingerprint density at radius 3 is 2.07 bits per heavy atom. The molecule has 0 aliphatic carbocycles. The molecule has 2 rings (SSSR count). The molecule has 2 aromatic carbocycles. The number of nitrogens with one attached hydrogen (secondary N) is 1. The first-order valence-electron chi connectivity index (χ1n) is 9.42. The Hall–Kier alpha value is -2.49. The number of aryl methyl sites for hydroxylation is 1. The van der Waals surface area contributed by atoms with Crippen LogP contribution in [0.2, 0.25) is 0 Å². The molecule has 2 atom stereocenters. The van der Waals surface area contributed by atoms with Crippen LogP contribution in [-0.2, 0) is 10.2 Å². The van der Waals surface area contributed by atoms with Crippen LogP contribution in [-0.4, -0.2) is 24.7 Å². The molecular formula is C23H31NO3. The van der Waals surface area contributed by atoms with Crippen LogP contribution in [0.5, 0.6) is 11.5 Å². The fraction of sp³-hybridized carbons (Fsp3) is 0.435. The summed E-state index contributed by atoms with van der Waals surface area (Å²) in [5.41, 5.74) is 2.51. The smallest absolute Gasteiger partial charge is 0.261 e. The van der Waals surface area contributed by atoms with Crippen molar-refractivity contribution in [1.82, 2.24) is 5.32 Å². The minimum Gasteiger partial charge on any atom is -0.491 e. The Labute approximate surface area is 162 Å². The molecule has 0 bridgehead atoms. The summed E-state index contributed by atoms with van der Waals surface area (Å²) in [7, 11) is 0. The lowest BCUT2D eigenvalue weighted by atomic mass is 9.87. The average Bonchev–Trinajstić information content (AvgIpc) is 2.61. The maximum Gasteiger partial charge on any atom is 0.261 e. The second kappa shape index (κ2) is 8.94. The van der Waals surface area contributed by atoms with Gasteiger partial charge in [-0.1, -0.05) is 50.6 Å². The van der Waals surface area contributed by atoms with Gasteiger partial charge in [0.05, 0.1) is 6.04 Å². The summed E-state index contributed by atoms with van der Waals surface area (Å²) in [6.45, 7) is 12.6. The molecule has 4 nitrogen and oxygen atoms in total. The topological polar surface area (TPSA) is 47.6 Å². The molecule has 0 fully saturated rings. The molecule has 27 heavy (non-hydrogen) atoms. The van der Waals surface area contributed by atoms with Crippen LogP contribution < -0.4 is 14.8 Å². The third-order valence-electron chi connectivity index (χ3n) is 4.31. The van der Waals surface area contributed by atoms with Gasteiger partial charge in [-0.2, -0.15) is 0 Å². The molecule has 0 aromatic heterocycles. The first kappa shape index (κ1) is 20.8. The fourth-order valence-electron chi connectivity index (χ4n) is 2.55. The molecule has 0 aliphatic heterocycles. The third kappa shape index (κ3) is 6.63. The van der Waals surface area contributed by atoms with E-state index in [1.165, 1.54) is 11.1 Å². The summed E-state index contributed by atoms with van der Waals surface area (Å²) < 4.78 is 11.5. The molecule has 146 valence electrons. The van der Waals surface area contributed by atoms with Crippen LogP contribution in [0.4, 0.5) is 0 Å². The van der Waals surface area contributed by atoms with E-state index >= 15 is 0 Å². The molecule has 0 heterocycles. The fourth-order valence-corrected chi connectivity index (χ4v) is 2.55. The molecule has 4 heteroatoms. The van der Waals surface area contributed by atoms with Crippen molar-refractivity contribution in [2.75, 3.05) is 6.61 Å². The number of carbonyl (C=O) groups is 1. The van der Waals surface area contributed by atoms with Gasteiger partial charge in [0, 0.05) is 0 Å². The van der Waals surface area contributed by atoms with Crippen LogP contribution in [0, 0.1) is 6.92 Å². The minimum absolute atomic E-state index is 0.0917. The van der Waals surface area contributed by atoms with Crippen LogP contribution in [0.3, 0.4) is 0 Å². The Bertz CT molecular complexity index is 730. The van der Waals surface area contributed by atoms with E-state index in [2.05, 4.69) is 26.1 Å². The number of ether oxygens (including phenoxy) is 2. The number of rotatable bonds is 7. The van der Waals surface area contributed by atoms with Gasteiger partial charge >= 0.3 is 0 Å². The van der Waals surface area contributed by atoms with E-state index in [1.54, 1.807) is 6.92 Å². The maximum atomic E-state index is 12.3. The molecule has 1 N–H and O–H groups in total. The van der Waals surface area contributed by atoms with Gasteiger partial charge in [0.2, 0.25) is 0 Å². The highest BCUT2D eigenvalue weighted by Crippen LogP contribution is 2.24. The highest BCUT2D eigenvalue weighted by atomic mass is 16.5. The third-order valence-corrected chi connectivity index (χ3v) is 4.31. The number of carbonyl (C=O) groups excluding carboxylic acids is 1. The van der Waals surface area contributed by atoms with E-state index in [1.807, 2.05) is 62.4 Å². The second-order valence-electron chi connectivity index (χ2n) is 8.07. The monoisotopic (exact) mass is 369 g/mol. The van der Waals surface area contributed by atoms with Crippen LogP contribution in [0.15, 0.2) is 48.5 Å². The van der Waals surface area contributed by atoms with E-state index in [9.17, 15) is 4.79 Å². The lowest BCUT2D eigenvalue weighted by molar-refractivity contribution is -0.128. The number of hydrogen-bond acceptors (Lipinski definition) is 3. The van der Waals surface area contributed by atoms with E-state index in [-0.39, 0.29) is 17.4 Å². The molecule has 0 spiro atoms. The van der Waals surface area contributed by atoms with Crippen molar-refractivity contribution in [3.8, 4) is 11.5 Å². The van der Waals surface area contributed by atoms with E-state index < -0.39 is 6.10 Å². The molecule has 0 saturated carbocycles. The predicted molar refractivity (Wildman–Crippen MR) is 110 cm³/mol. The summed E-state index contributed by atoms with van der Waals surface area (Å²) in [6, 6.07) is 15.6. The molecule has 2 aromatic rings. The van der Waals surface area contributed by atoms with Crippen molar-refractivity contribution in [2.45, 2.75) is 59.1 Å². The van der Waals surface area contributed by atoms with Crippen molar-refractivity contribution in [1.29, 1.82) is 0 Å². The molecule has 0 aliphatic rings. The SMILES string of the molecule is Cc1ccc(OC[C@@H](C)NC(=O)[C@H](C)Oc2ccc(C(C)(C)C)cc2)cc1. The average molecular weight is 370 g/mol. The molecule has 1 amide bonds. The Morgan fingerprint density at radius 2 is 1.52 bits per heavy atom. The number of amides is 1. The molecular weight excluding hydrogens is 338 g/mol. The van der Waals surface area contributed by atoms with Gasteiger partial charge in [0.25, 0.3) is 5.91 Å². The van der Waals surface area contributed by atoms with Gasteiger partial charge in [-0.25, -0.2) is 0 Å². The van der Waals surface area contributed by atoms with Gasteiger partial charge in [-0.15, -0.1) is 0 Å². The largest absolute Gasteiger partial charge is 0.491 e. The Balaban J connectivity index is 1.81. The van der Waals surface area contributed by atoms with Crippen LogP contribution in [0.25, 0.3) is 0 Å². The predicted octanol–water partition coefficient (Wildman–Crippen LogP) is 4.64. The van der Waals surface area contributed by atoms with Crippen molar-refractivity contribution in [3.63, 3.8) is 0 Å². The second-order valence-corrected chi connectivity index (χ2v) is 8.07. The van der Waals surface area contributed by atoms with Crippen molar-refractivity contribution in [3.05, 3.63) is 59.7 Å². The summed E-state index contributed by atoms with van der Waals surface area (Å²) in [4.78, 5) is 12.3. The zero-order valence-electron chi connectivity index (χ0n) is 17.2. The van der Waals surface area contributed by atoms with E-state index in [0.29, 0.717) is 12.4 Å². The first-order chi connectivity index (χ1) is 12.6. The van der Waals surface area contributed by atoms with Crippen molar-refractivity contribution in [2.24, 2.45) is 0 Å². The normalized spacial score (nSPS) is 13.6. The standard InChI is InChI=1S/C23H31NO3/c1-16-7-11-20(12-8-16)26-15-17(2)24-22(25)18(3)27-21-13-9-19(10-14-21)23(4,5)6/h7-14,17-18H,15H2,1-6H3,(H,24,25)/t17-,18+/m1/s1. The lowest BCUT2D eigenvalue weighted by Crippen LogP contribution is -2.43. The van der Waals surface area contributed by atoms with Gasteiger partial charge < -0.3 is 14.8 Å². The van der Waals surface area contributed by atoms with E-state index in [4.69, 9.17) is 9.47 Å². The Kier molecular flexibility index (Phi) is 6.89. The van der Waals surface area contributed by atoms with Crippen molar-refractivity contribution < 1.29 is 14.3 Å². The first-order valence-corrected chi connectivity index (χ1v) is 9.42.